The molecule has 0 radical (unpaired) electrons. The molecular weight excluding hydrogens is 294 g/mol. The van der Waals surface area contributed by atoms with E-state index in [4.69, 9.17) is 14.2 Å². The van der Waals surface area contributed by atoms with Crippen LogP contribution in [-0.2, 0) is 4.79 Å². The fourth-order valence-electron chi connectivity index (χ4n) is 2.30. The van der Waals surface area contributed by atoms with Crippen LogP contribution in [0, 0.1) is 13.8 Å². The first-order chi connectivity index (χ1) is 11.0. The maximum Gasteiger partial charge on any atom is 0.265 e. The lowest BCUT2D eigenvalue weighted by atomic mass is 10.1. The number of amides is 1. The van der Waals surface area contributed by atoms with Gasteiger partial charge in [-0.05, 0) is 50.1 Å². The minimum atomic E-state index is -0.610. The number of rotatable bonds is 4. The molecule has 0 fully saturated rings. The molecule has 1 heterocycles. The zero-order chi connectivity index (χ0) is 16.4. The van der Waals surface area contributed by atoms with Crippen molar-refractivity contribution in [2.75, 3.05) is 12.1 Å². The largest absolute Gasteiger partial charge is 0.481 e. The van der Waals surface area contributed by atoms with Gasteiger partial charge in [0.2, 0.25) is 6.79 Å². The van der Waals surface area contributed by atoms with E-state index in [2.05, 4.69) is 5.32 Å². The molecule has 5 nitrogen and oxygen atoms in total. The van der Waals surface area contributed by atoms with Crippen LogP contribution in [0.2, 0.25) is 0 Å². The molecule has 0 bridgehead atoms. The third-order valence-corrected chi connectivity index (χ3v) is 3.66. The molecule has 1 amide bonds. The van der Waals surface area contributed by atoms with Gasteiger partial charge in [-0.1, -0.05) is 12.1 Å². The highest BCUT2D eigenvalue weighted by atomic mass is 16.7. The molecule has 3 rings (SSSR count). The highest BCUT2D eigenvalue weighted by molar-refractivity contribution is 5.94. The average Bonchev–Trinajstić information content (AvgIpc) is 2.98. The zero-order valence-corrected chi connectivity index (χ0v) is 13.4. The van der Waals surface area contributed by atoms with Crippen LogP contribution in [0.25, 0.3) is 0 Å². The van der Waals surface area contributed by atoms with E-state index in [0.717, 1.165) is 16.9 Å². The van der Waals surface area contributed by atoms with Crippen molar-refractivity contribution in [1.82, 2.24) is 0 Å². The van der Waals surface area contributed by atoms with E-state index < -0.39 is 6.10 Å². The highest BCUT2D eigenvalue weighted by Crippen LogP contribution is 2.34. The SMILES string of the molecule is Cc1ccc(C)c(O[C@H](C)C(=O)Nc2ccc3c(c2)OCO3)c1. The fourth-order valence-corrected chi connectivity index (χ4v) is 2.30. The van der Waals surface area contributed by atoms with Crippen LogP contribution < -0.4 is 19.5 Å². The maximum atomic E-state index is 12.3. The summed E-state index contributed by atoms with van der Waals surface area (Å²) in [4.78, 5) is 12.3. The second-order valence-electron chi connectivity index (χ2n) is 5.59. The first-order valence-electron chi connectivity index (χ1n) is 7.47. The number of carbonyl (C=O) groups is 1. The Morgan fingerprint density at radius 3 is 2.74 bits per heavy atom. The Morgan fingerprint density at radius 2 is 1.91 bits per heavy atom. The minimum Gasteiger partial charge on any atom is -0.481 e. The molecule has 23 heavy (non-hydrogen) atoms. The smallest absolute Gasteiger partial charge is 0.265 e. The highest BCUT2D eigenvalue weighted by Gasteiger charge is 2.18. The summed E-state index contributed by atoms with van der Waals surface area (Å²) in [5, 5.41) is 2.83. The Labute approximate surface area is 135 Å². The molecule has 1 aliphatic heterocycles. The summed E-state index contributed by atoms with van der Waals surface area (Å²) in [6.07, 6.45) is -0.610. The minimum absolute atomic E-state index is 0.207. The van der Waals surface area contributed by atoms with Gasteiger partial charge in [0, 0.05) is 11.8 Å². The Kier molecular flexibility index (Phi) is 4.10. The van der Waals surface area contributed by atoms with Crippen molar-refractivity contribution >= 4 is 11.6 Å². The number of nitrogens with one attached hydrogen (secondary N) is 1. The van der Waals surface area contributed by atoms with Crippen LogP contribution in [0.3, 0.4) is 0 Å². The van der Waals surface area contributed by atoms with Gasteiger partial charge in [0.1, 0.15) is 5.75 Å². The second kappa shape index (κ2) is 6.20. The second-order valence-corrected chi connectivity index (χ2v) is 5.59. The van der Waals surface area contributed by atoms with E-state index in [9.17, 15) is 4.79 Å². The van der Waals surface area contributed by atoms with Gasteiger partial charge in [0.05, 0.1) is 0 Å². The summed E-state index contributed by atoms with van der Waals surface area (Å²) in [6, 6.07) is 11.2. The fraction of sp³-hybridized carbons (Fsp3) is 0.278. The summed E-state index contributed by atoms with van der Waals surface area (Å²) in [5.41, 5.74) is 2.74. The van der Waals surface area contributed by atoms with E-state index >= 15 is 0 Å². The molecule has 0 unspecified atom stereocenters. The Hall–Kier alpha value is -2.69. The van der Waals surface area contributed by atoms with Crippen LogP contribution in [0.15, 0.2) is 36.4 Å². The molecule has 120 valence electrons. The van der Waals surface area contributed by atoms with Gasteiger partial charge in [-0.2, -0.15) is 0 Å². The lowest BCUT2D eigenvalue weighted by Crippen LogP contribution is -2.30. The van der Waals surface area contributed by atoms with Crippen LogP contribution in [-0.4, -0.2) is 18.8 Å². The monoisotopic (exact) mass is 313 g/mol. The number of ether oxygens (including phenoxy) is 3. The van der Waals surface area contributed by atoms with Gasteiger partial charge >= 0.3 is 0 Å². The molecule has 0 spiro atoms. The van der Waals surface area contributed by atoms with Crippen LogP contribution in [0.1, 0.15) is 18.1 Å². The van der Waals surface area contributed by atoms with Crippen LogP contribution >= 0.6 is 0 Å². The molecule has 0 aliphatic carbocycles. The van der Waals surface area contributed by atoms with E-state index in [0.29, 0.717) is 17.2 Å². The summed E-state index contributed by atoms with van der Waals surface area (Å²) >= 11 is 0. The van der Waals surface area contributed by atoms with Crippen molar-refractivity contribution in [3.8, 4) is 17.2 Å². The van der Waals surface area contributed by atoms with Gasteiger partial charge in [-0.25, -0.2) is 0 Å². The van der Waals surface area contributed by atoms with Gasteiger partial charge < -0.3 is 19.5 Å². The number of hydrogen-bond acceptors (Lipinski definition) is 4. The predicted molar refractivity (Wildman–Crippen MR) is 87.2 cm³/mol. The first-order valence-corrected chi connectivity index (χ1v) is 7.47. The predicted octanol–water partition coefficient (Wildman–Crippen LogP) is 3.44. The molecule has 1 atom stereocenters. The summed E-state index contributed by atoms with van der Waals surface area (Å²) in [7, 11) is 0. The Morgan fingerprint density at radius 1 is 1.13 bits per heavy atom. The Balaban J connectivity index is 1.67. The van der Waals surface area contributed by atoms with E-state index in [-0.39, 0.29) is 12.7 Å². The van der Waals surface area contributed by atoms with Crippen molar-refractivity contribution in [2.24, 2.45) is 0 Å². The van der Waals surface area contributed by atoms with Crippen LogP contribution in [0.4, 0.5) is 5.69 Å². The summed E-state index contributed by atoms with van der Waals surface area (Å²) in [5.74, 6) is 1.82. The van der Waals surface area contributed by atoms with E-state index in [1.165, 1.54) is 0 Å². The number of anilines is 1. The van der Waals surface area contributed by atoms with Gasteiger partial charge in [0.15, 0.2) is 17.6 Å². The first kappa shape index (κ1) is 15.2. The lowest BCUT2D eigenvalue weighted by Gasteiger charge is -2.17. The third kappa shape index (κ3) is 3.39. The molecular formula is C18H19NO4. The van der Waals surface area contributed by atoms with Crippen molar-refractivity contribution in [3.05, 3.63) is 47.5 Å². The topological polar surface area (TPSA) is 56.8 Å². The van der Waals surface area contributed by atoms with Gasteiger partial charge in [-0.15, -0.1) is 0 Å². The van der Waals surface area contributed by atoms with Crippen molar-refractivity contribution in [3.63, 3.8) is 0 Å². The number of aryl methyl sites for hydroxylation is 2. The molecule has 0 aromatic heterocycles. The van der Waals surface area contributed by atoms with Gasteiger partial charge in [0.25, 0.3) is 5.91 Å². The third-order valence-electron chi connectivity index (χ3n) is 3.66. The van der Waals surface area contributed by atoms with E-state index in [1.807, 2.05) is 32.0 Å². The molecule has 0 saturated carbocycles. The van der Waals surface area contributed by atoms with Gasteiger partial charge in [-0.3, -0.25) is 4.79 Å². The van der Waals surface area contributed by atoms with Crippen LogP contribution in [0.5, 0.6) is 17.2 Å². The summed E-state index contributed by atoms with van der Waals surface area (Å²) < 4.78 is 16.3. The van der Waals surface area contributed by atoms with Crippen molar-refractivity contribution in [1.29, 1.82) is 0 Å². The molecule has 1 aliphatic rings. The van der Waals surface area contributed by atoms with Crippen molar-refractivity contribution in [2.45, 2.75) is 26.9 Å². The molecule has 1 N–H and O–H groups in total. The molecule has 2 aromatic carbocycles. The van der Waals surface area contributed by atoms with E-state index in [1.54, 1.807) is 25.1 Å². The number of carbonyl (C=O) groups excluding carboxylic acids is 1. The standard InChI is InChI=1S/C18H19NO4/c1-11-4-5-12(2)16(8-11)23-13(3)18(20)19-14-6-7-15-17(9-14)22-10-21-15/h4-9,13H,10H2,1-3H3,(H,19,20)/t13-/m1/s1. The molecule has 5 heteroatoms. The number of hydrogen-bond donors (Lipinski definition) is 1. The lowest BCUT2D eigenvalue weighted by molar-refractivity contribution is -0.122. The average molecular weight is 313 g/mol. The summed E-state index contributed by atoms with van der Waals surface area (Å²) in [6.45, 7) is 5.88. The quantitative estimate of drug-likeness (QED) is 0.939. The number of fused-ring (bicyclic) bond motifs is 1. The number of benzene rings is 2. The molecule has 2 aromatic rings. The zero-order valence-electron chi connectivity index (χ0n) is 13.4. The Bertz CT molecular complexity index is 742. The molecule has 0 saturated heterocycles. The maximum absolute atomic E-state index is 12.3. The normalized spacial score (nSPS) is 13.5. The van der Waals surface area contributed by atoms with Crippen molar-refractivity contribution < 1.29 is 19.0 Å².